The molecule has 3 unspecified atom stereocenters. The van der Waals surface area contributed by atoms with Crippen LogP contribution in [0.5, 0.6) is 0 Å². The molecule has 0 radical (unpaired) electrons. The number of esters is 1. The van der Waals surface area contributed by atoms with Crippen molar-refractivity contribution < 1.29 is 19.4 Å². The van der Waals surface area contributed by atoms with E-state index in [4.69, 9.17) is 4.74 Å². The highest BCUT2D eigenvalue weighted by molar-refractivity contribution is 5.81. The van der Waals surface area contributed by atoms with Gasteiger partial charge in [0.05, 0.1) is 11.8 Å². The van der Waals surface area contributed by atoms with Gasteiger partial charge in [-0.25, -0.2) is 0 Å². The summed E-state index contributed by atoms with van der Waals surface area (Å²) in [4.78, 5) is 24.1. The van der Waals surface area contributed by atoms with Crippen LogP contribution in [0.25, 0.3) is 0 Å². The predicted molar refractivity (Wildman–Crippen MR) is 110 cm³/mol. The summed E-state index contributed by atoms with van der Waals surface area (Å²) in [7, 11) is 0. The van der Waals surface area contributed by atoms with Gasteiger partial charge in [0, 0.05) is 0 Å². The summed E-state index contributed by atoms with van der Waals surface area (Å²) < 4.78 is 5.84. The molecule has 0 aliphatic heterocycles. The van der Waals surface area contributed by atoms with Gasteiger partial charge in [0.15, 0.2) is 0 Å². The zero-order chi connectivity index (χ0) is 20.2. The van der Waals surface area contributed by atoms with Crippen molar-refractivity contribution in [1.29, 1.82) is 0 Å². The van der Waals surface area contributed by atoms with Crippen LogP contribution in [0, 0.1) is 23.7 Å². The topological polar surface area (TPSA) is 63.6 Å². The van der Waals surface area contributed by atoms with Crippen LogP contribution in [-0.4, -0.2) is 23.1 Å². The third-order valence-corrected chi connectivity index (χ3v) is 5.71. The molecule has 1 aliphatic carbocycles. The first-order chi connectivity index (χ1) is 12.8. The SMILES string of the molecule is CC(C)CCCCCCCC(CC(C)C)OC(=O)C1CCCCC1C(=O)O. The number of carboxylic acid groups (broad SMARTS) is 1. The van der Waals surface area contributed by atoms with Crippen LogP contribution in [0.1, 0.15) is 105 Å². The summed E-state index contributed by atoms with van der Waals surface area (Å²) in [5.41, 5.74) is 0. The fourth-order valence-electron chi connectivity index (χ4n) is 4.17. The lowest BCUT2D eigenvalue weighted by atomic mass is 9.79. The molecule has 0 bridgehead atoms. The van der Waals surface area contributed by atoms with Gasteiger partial charge in [-0.05, 0) is 43.9 Å². The lowest BCUT2D eigenvalue weighted by Gasteiger charge is -2.29. The molecule has 0 amide bonds. The number of ether oxygens (including phenoxy) is 1. The summed E-state index contributed by atoms with van der Waals surface area (Å²) in [5.74, 6) is -0.887. The van der Waals surface area contributed by atoms with Gasteiger partial charge in [-0.2, -0.15) is 0 Å². The molecule has 4 nitrogen and oxygen atoms in total. The summed E-state index contributed by atoms with van der Waals surface area (Å²) in [6, 6.07) is 0. The van der Waals surface area contributed by atoms with E-state index in [0.717, 1.165) is 38.0 Å². The van der Waals surface area contributed by atoms with Crippen molar-refractivity contribution in [2.45, 2.75) is 111 Å². The van der Waals surface area contributed by atoms with E-state index in [1.807, 2.05) is 0 Å². The molecule has 1 N–H and O–H groups in total. The van der Waals surface area contributed by atoms with Gasteiger partial charge in [-0.1, -0.05) is 72.6 Å². The maximum Gasteiger partial charge on any atom is 0.310 e. The number of carbonyl (C=O) groups excluding carboxylic acids is 1. The number of hydrogen-bond donors (Lipinski definition) is 1. The van der Waals surface area contributed by atoms with Gasteiger partial charge >= 0.3 is 11.9 Å². The molecule has 27 heavy (non-hydrogen) atoms. The third kappa shape index (κ3) is 10.2. The van der Waals surface area contributed by atoms with Gasteiger partial charge in [-0.15, -0.1) is 0 Å². The van der Waals surface area contributed by atoms with Crippen LogP contribution in [0.15, 0.2) is 0 Å². The number of hydrogen-bond acceptors (Lipinski definition) is 3. The normalized spacial score (nSPS) is 21.4. The highest BCUT2D eigenvalue weighted by Gasteiger charge is 2.37. The van der Waals surface area contributed by atoms with Crippen molar-refractivity contribution in [3.63, 3.8) is 0 Å². The number of aliphatic carboxylic acids is 1. The second-order valence-electron chi connectivity index (χ2n) is 9.26. The number of carboxylic acids is 1. The van der Waals surface area contributed by atoms with Crippen molar-refractivity contribution in [1.82, 2.24) is 0 Å². The summed E-state index contributed by atoms with van der Waals surface area (Å²) >= 11 is 0. The zero-order valence-electron chi connectivity index (χ0n) is 18.0. The summed E-state index contributed by atoms with van der Waals surface area (Å²) in [6.45, 7) is 8.83. The van der Waals surface area contributed by atoms with Gasteiger partial charge in [0.25, 0.3) is 0 Å². The van der Waals surface area contributed by atoms with E-state index < -0.39 is 17.8 Å². The van der Waals surface area contributed by atoms with Crippen molar-refractivity contribution in [3.8, 4) is 0 Å². The third-order valence-electron chi connectivity index (χ3n) is 5.71. The first-order valence-electron chi connectivity index (χ1n) is 11.2. The monoisotopic (exact) mass is 382 g/mol. The number of rotatable bonds is 13. The first-order valence-corrected chi connectivity index (χ1v) is 11.2. The minimum Gasteiger partial charge on any atom is -0.481 e. The molecule has 0 aromatic carbocycles. The summed E-state index contributed by atoms with van der Waals surface area (Å²) in [6.07, 6.45) is 12.2. The Labute approximate surface area is 166 Å². The van der Waals surface area contributed by atoms with E-state index in [-0.39, 0.29) is 12.1 Å². The van der Waals surface area contributed by atoms with E-state index in [0.29, 0.717) is 18.8 Å². The van der Waals surface area contributed by atoms with Crippen molar-refractivity contribution in [3.05, 3.63) is 0 Å². The summed E-state index contributed by atoms with van der Waals surface area (Å²) in [5, 5.41) is 9.41. The Bertz CT molecular complexity index is 430. The van der Waals surface area contributed by atoms with E-state index in [9.17, 15) is 14.7 Å². The average Bonchev–Trinajstić information content (AvgIpc) is 2.59. The molecule has 0 aromatic heterocycles. The van der Waals surface area contributed by atoms with Crippen LogP contribution >= 0.6 is 0 Å². The van der Waals surface area contributed by atoms with E-state index in [2.05, 4.69) is 27.7 Å². The van der Waals surface area contributed by atoms with Crippen molar-refractivity contribution >= 4 is 11.9 Å². The zero-order valence-corrected chi connectivity index (χ0v) is 18.0. The van der Waals surface area contributed by atoms with E-state index in [1.54, 1.807) is 0 Å². The van der Waals surface area contributed by atoms with Gasteiger partial charge in [0.2, 0.25) is 0 Å². The average molecular weight is 383 g/mol. The molecule has 1 fully saturated rings. The van der Waals surface area contributed by atoms with Crippen LogP contribution in [-0.2, 0) is 14.3 Å². The number of unbranched alkanes of at least 4 members (excludes halogenated alkanes) is 4. The largest absolute Gasteiger partial charge is 0.481 e. The smallest absolute Gasteiger partial charge is 0.310 e. The van der Waals surface area contributed by atoms with E-state index >= 15 is 0 Å². The Morgan fingerprint density at radius 1 is 0.852 bits per heavy atom. The molecule has 0 heterocycles. The van der Waals surface area contributed by atoms with E-state index in [1.165, 1.54) is 32.1 Å². The maximum absolute atomic E-state index is 12.7. The molecule has 1 saturated carbocycles. The molecule has 4 heteroatoms. The maximum atomic E-state index is 12.7. The molecule has 3 atom stereocenters. The fourth-order valence-corrected chi connectivity index (χ4v) is 4.17. The van der Waals surface area contributed by atoms with Gasteiger partial charge in [-0.3, -0.25) is 9.59 Å². The molecular formula is C23H42O4. The van der Waals surface area contributed by atoms with Gasteiger partial charge < -0.3 is 9.84 Å². The van der Waals surface area contributed by atoms with Crippen LogP contribution in [0.4, 0.5) is 0 Å². The minimum absolute atomic E-state index is 0.0652. The second kappa shape index (κ2) is 13.2. The minimum atomic E-state index is -0.849. The Morgan fingerprint density at radius 2 is 1.41 bits per heavy atom. The molecule has 0 saturated heterocycles. The second-order valence-corrected chi connectivity index (χ2v) is 9.26. The Balaban J connectivity index is 2.41. The van der Waals surface area contributed by atoms with Crippen molar-refractivity contribution in [2.24, 2.45) is 23.7 Å². The Hall–Kier alpha value is -1.06. The van der Waals surface area contributed by atoms with Crippen LogP contribution < -0.4 is 0 Å². The van der Waals surface area contributed by atoms with Gasteiger partial charge in [0.1, 0.15) is 6.10 Å². The lowest BCUT2D eigenvalue weighted by Crippen LogP contribution is -2.35. The van der Waals surface area contributed by atoms with Crippen LogP contribution in [0.2, 0.25) is 0 Å². The molecule has 0 spiro atoms. The van der Waals surface area contributed by atoms with Crippen molar-refractivity contribution in [2.75, 3.05) is 0 Å². The molecule has 1 aliphatic rings. The first kappa shape index (κ1) is 24.0. The highest BCUT2D eigenvalue weighted by Crippen LogP contribution is 2.32. The quantitative estimate of drug-likeness (QED) is 0.303. The highest BCUT2D eigenvalue weighted by atomic mass is 16.5. The number of carbonyl (C=O) groups is 2. The standard InChI is InChI=1S/C23H42O4/c1-17(2)12-8-6-5-7-9-13-19(16-18(3)4)27-23(26)21-15-11-10-14-20(21)22(24)25/h17-21H,5-16H2,1-4H3,(H,24,25). The fraction of sp³-hybridized carbons (Fsp3) is 0.913. The molecule has 0 aromatic rings. The Morgan fingerprint density at radius 3 is 1.96 bits per heavy atom. The molecular weight excluding hydrogens is 340 g/mol. The Kier molecular flexibility index (Phi) is 11.7. The molecule has 158 valence electrons. The lowest BCUT2D eigenvalue weighted by molar-refractivity contribution is -0.164. The van der Waals surface area contributed by atoms with Crippen LogP contribution in [0.3, 0.4) is 0 Å². The predicted octanol–water partition coefficient (Wildman–Crippen LogP) is 6.22. The molecule has 1 rings (SSSR count).